The van der Waals surface area contributed by atoms with E-state index in [1.165, 1.54) is 4.90 Å². The van der Waals surface area contributed by atoms with E-state index in [4.69, 9.17) is 11.6 Å². The van der Waals surface area contributed by atoms with Gasteiger partial charge in [-0.3, -0.25) is 14.4 Å². The Morgan fingerprint density at radius 1 is 0.789 bits per heavy atom. The molecule has 6 nitrogen and oxygen atoms in total. The minimum atomic E-state index is -0.854. The summed E-state index contributed by atoms with van der Waals surface area (Å²) in [6, 6.07) is 26.8. The Hall–Kier alpha value is -4.42. The zero-order valence-corrected chi connectivity index (χ0v) is 20.9. The molecule has 2 saturated heterocycles. The van der Waals surface area contributed by atoms with Crippen LogP contribution in [0.4, 0.5) is 11.4 Å². The van der Waals surface area contributed by atoms with Crippen LogP contribution in [0.2, 0.25) is 5.02 Å². The average Bonchev–Trinajstić information content (AvgIpc) is 3.42. The molecule has 7 heteroatoms. The number of carbonyl (C=O) groups is 3. The first-order chi connectivity index (χ1) is 18.5. The first-order valence-electron chi connectivity index (χ1n) is 12.5. The molecule has 0 spiro atoms. The van der Waals surface area contributed by atoms with Crippen molar-refractivity contribution in [3.05, 3.63) is 113 Å². The smallest absolute Gasteiger partial charge is 0.247 e. The van der Waals surface area contributed by atoms with Gasteiger partial charge in [0.25, 0.3) is 0 Å². The van der Waals surface area contributed by atoms with Crippen LogP contribution in [0.15, 0.2) is 97.2 Å². The van der Waals surface area contributed by atoms with Crippen LogP contribution in [0.5, 0.6) is 0 Å². The van der Waals surface area contributed by atoms with Crippen molar-refractivity contribution in [2.75, 3.05) is 10.2 Å². The Labute approximate surface area is 224 Å². The van der Waals surface area contributed by atoms with Crippen molar-refractivity contribution in [3.8, 4) is 0 Å². The van der Waals surface area contributed by atoms with Gasteiger partial charge in [-0.05, 0) is 64.4 Å². The van der Waals surface area contributed by atoms with Gasteiger partial charge >= 0.3 is 0 Å². The van der Waals surface area contributed by atoms with Gasteiger partial charge in [0.15, 0.2) is 0 Å². The van der Waals surface area contributed by atoms with E-state index in [1.807, 2.05) is 77.8 Å². The van der Waals surface area contributed by atoms with E-state index in [2.05, 4.69) is 5.32 Å². The molecule has 38 heavy (non-hydrogen) atoms. The van der Waals surface area contributed by atoms with E-state index in [-0.39, 0.29) is 17.7 Å². The fourth-order valence-electron chi connectivity index (χ4n) is 6.18. The zero-order chi connectivity index (χ0) is 26.0. The predicted molar refractivity (Wildman–Crippen MR) is 147 cm³/mol. The fourth-order valence-corrected chi connectivity index (χ4v) is 6.30. The fraction of sp³-hybridized carbons (Fsp3) is 0.129. The van der Waals surface area contributed by atoms with Crippen LogP contribution >= 0.6 is 11.6 Å². The summed E-state index contributed by atoms with van der Waals surface area (Å²) in [6.07, 6.45) is 3.78. The highest BCUT2D eigenvalue weighted by Crippen LogP contribution is 2.53. The molecular weight excluding hydrogens is 498 g/mol. The van der Waals surface area contributed by atoms with Crippen LogP contribution < -0.4 is 10.2 Å². The van der Waals surface area contributed by atoms with Crippen molar-refractivity contribution >= 4 is 57.5 Å². The maximum atomic E-state index is 14.1. The van der Waals surface area contributed by atoms with E-state index in [1.54, 1.807) is 30.3 Å². The van der Waals surface area contributed by atoms with Crippen LogP contribution in [0, 0.1) is 11.8 Å². The molecule has 3 aliphatic heterocycles. The summed E-state index contributed by atoms with van der Waals surface area (Å²) in [7, 11) is 0. The molecule has 2 fully saturated rings. The van der Waals surface area contributed by atoms with Crippen LogP contribution in [-0.2, 0) is 14.4 Å². The number of benzene rings is 4. The van der Waals surface area contributed by atoms with Gasteiger partial charge < -0.3 is 10.2 Å². The molecule has 4 atom stereocenters. The van der Waals surface area contributed by atoms with Gasteiger partial charge in [-0.25, -0.2) is 4.90 Å². The van der Waals surface area contributed by atoms with Crippen molar-refractivity contribution in [2.45, 2.75) is 12.1 Å². The molecule has 0 saturated carbocycles. The number of hydrogen-bond acceptors (Lipinski definition) is 4. The molecule has 3 aliphatic rings. The molecule has 4 aromatic carbocycles. The summed E-state index contributed by atoms with van der Waals surface area (Å²) in [5, 5.41) is 5.46. The van der Waals surface area contributed by atoms with Gasteiger partial charge in [0.05, 0.1) is 23.6 Å². The molecule has 0 radical (unpaired) electrons. The second kappa shape index (κ2) is 8.57. The third-order valence-electron chi connectivity index (χ3n) is 7.83. The number of nitrogens with zero attached hydrogens (tertiary/aromatic N) is 2. The number of hydrogen-bond donors (Lipinski definition) is 1. The number of nitrogens with one attached hydrogen (secondary N) is 1. The van der Waals surface area contributed by atoms with Crippen LogP contribution in [0.1, 0.15) is 17.2 Å². The van der Waals surface area contributed by atoms with Gasteiger partial charge in [-0.1, -0.05) is 66.2 Å². The van der Waals surface area contributed by atoms with Crippen molar-refractivity contribution in [1.82, 2.24) is 4.90 Å². The van der Waals surface area contributed by atoms with Gasteiger partial charge in [0.1, 0.15) is 6.04 Å². The van der Waals surface area contributed by atoms with Crippen molar-refractivity contribution in [2.24, 2.45) is 11.8 Å². The second-order valence-corrected chi connectivity index (χ2v) is 10.3. The Balaban J connectivity index is 1.32. The lowest BCUT2D eigenvalue weighted by Crippen LogP contribution is -2.46. The Bertz CT molecular complexity index is 1660. The highest BCUT2D eigenvalue weighted by Gasteiger charge is 2.64. The number of imide groups is 1. The van der Waals surface area contributed by atoms with E-state index >= 15 is 0 Å². The first kappa shape index (κ1) is 22.8. The lowest BCUT2D eigenvalue weighted by Gasteiger charge is -2.35. The predicted octanol–water partition coefficient (Wildman–Crippen LogP) is 5.65. The van der Waals surface area contributed by atoms with Crippen molar-refractivity contribution < 1.29 is 14.4 Å². The topological polar surface area (TPSA) is 69.7 Å². The monoisotopic (exact) mass is 519 g/mol. The molecule has 3 amide bonds. The first-order valence-corrected chi connectivity index (χ1v) is 12.9. The Kier molecular flexibility index (Phi) is 5.13. The molecule has 186 valence electrons. The number of carbonyl (C=O) groups excluding carboxylic acids is 3. The second-order valence-electron chi connectivity index (χ2n) is 9.87. The summed E-state index contributed by atoms with van der Waals surface area (Å²) in [4.78, 5) is 45.1. The third kappa shape index (κ3) is 3.37. The highest BCUT2D eigenvalue weighted by atomic mass is 35.5. The largest absolute Gasteiger partial charge is 0.357 e. The Morgan fingerprint density at radius 3 is 2.32 bits per heavy atom. The van der Waals surface area contributed by atoms with Gasteiger partial charge in [-0.15, -0.1) is 0 Å². The maximum Gasteiger partial charge on any atom is 0.247 e. The lowest BCUT2D eigenvalue weighted by molar-refractivity contribution is -0.128. The van der Waals surface area contributed by atoms with Gasteiger partial charge in [0.2, 0.25) is 17.7 Å². The van der Waals surface area contributed by atoms with Gasteiger partial charge in [0, 0.05) is 16.9 Å². The van der Waals surface area contributed by atoms with Crippen LogP contribution in [-0.4, -0.2) is 28.7 Å². The lowest BCUT2D eigenvalue weighted by atomic mass is 9.84. The summed E-state index contributed by atoms with van der Waals surface area (Å²) in [5.74, 6) is -2.50. The minimum absolute atomic E-state index is 0.280. The third-order valence-corrected chi connectivity index (χ3v) is 8.09. The normalized spacial score (nSPS) is 23.4. The molecule has 1 unspecified atom stereocenters. The zero-order valence-electron chi connectivity index (χ0n) is 20.1. The van der Waals surface area contributed by atoms with Gasteiger partial charge in [-0.2, -0.15) is 0 Å². The minimum Gasteiger partial charge on any atom is -0.357 e. The Morgan fingerprint density at radius 2 is 1.50 bits per heavy atom. The summed E-state index contributed by atoms with van der Waals surface area (Å²) in [6.45, 7) is 0. The van der Waals surface area contributed by atoms with E-state index < -0.39 is 23.9 Å². The molecular formula is C31H22ClN3O3. The molecule has 4 aromatic rings. The molecule has 3 heterocycles. The van der Waals surface area contributed by atoms with Crippen molar-refractivity contribution in [3.63, 3.8) is 0 Å². The molecule has 7 rings (SSSR count). The molecule has 0 aliphatic carbocycles. The number of rotatable bonds is 3. The average molecular weight is 520 g/mol. The summed E-state index contributed by atoms with van der Waals surface area (Å²) >= 11 is 6.02. The molecule has 0 bridgehead atoms. The SMILES string of the molecule is O=C(Nc1ccc(Cl)cc1)[C@@H]1[C@@H]2C(=O)N(c3ccc4ccccc4c3)C(=O)[C@@H]2C2c3ccccc3C=CN21. The maximum absolute atomic E-state index is 14.1. The van der Waals surface area contributed by atoms with Crippen LogP contribution in [0.25, 0.3) is 16.8 Å². The van der Waals surface area contributed by atoms with E-state index in [0.717, 1.165) is 21.9 Å². The number of anilines is 2. The van der Waals surface area contributed by atoms with E-state index in [9.17, 15) is 14.4 Å². The molecule has 1 N–H and O–H groups in total. The van der Waals surface area contributed by atoms with Crippen molar-refractivity contribution in [1.29, 1.82) is 0 Å². The van der Waals surface area contributed by atoms with E-state index in [0.29, 0.717) is 16.4 Å². The quantitative estimate of drug-likeness (QED) is 0.355. The standard InChI is InChI=1S/C31H22ClN3O3/c32-21-10-12-22(13-11-21)33-29(36)28-26-25(27-24-8-4-3-6-19(24)15-16-34(27)28)30(37)35(31(26)38)23-14-9-18-5-1-2-7-20(18)17-23/h1-17,25-28H,(H,33,36)/t25-,26+,27?,28-/m0/s1. The number of amides is 3. The number of fused-ring (bicyclic) bond motifs is 6. The molecule has 0 aromatic heterocycles. The number of halogens is 1. The summed E-state index contributed by atoms with van der Waals surface area (Å²) in [5.41, 5.74) is 3.02. The highest BCUT2D eigenvalue weighted by molar-refractivity contribution is 6.30. The summed E-state index contributed by atoms with van der Waals surface area (Å²) < 4.78 is 0. The van der Waals surface area contributed by atoms with Crippen LogP contribution in [0.3, 0.4) is 0 Å².